The minimum absolute atomic E-state index is 0.0442. The van der Waals surface area contributed by atoms with Crippen LogP contribution in [0.4, 0.5) is 0 Å². The first kappa shape index (κ1) is 20.1. The Morgan fingerprint density at radius 3 is 2.57 bits per heavy atom. The lowest BCUT2D eigenvalue weighted by molar-refractivity contribution is -0.150. The molecule has 1 aromatic carbocycles. The van der Waals surface area contributed by atoms with E-state index in [2.05, 4.69) is 4.99 Å². The molecule has 1 aromatic rings. The zero-order valence-corrected chi connectivity index (χ0v) is 17.1. The van der Waals surface area contributed by atoms with E-state index in [1.807, 2.05) is 32.9 Å². The highest BCUT2D eigenvalue weighted by Crippen LogP contribution is 2.46. The average molecular weight is 385 g/mol. The van der Waals surface area contributed by atoms with E-state index in [0.29, 0.717) is 29.2 Å². The van der Waals surface area contributed by atoms with Crippen molar-refractivity contribution in [3.63, 3.8) is 0 Å². The Morgan fingerprint density at radius 1 is 1.18 bits per heavy atom. The maximum atomic E-state index is 13.0. The van der Waals surface area contributed by atoms with Gasteiger partial charge in [-0.25, -0.2) is 0 Å². The molecule has 150 valence electrons. The van der Waals surface area contributed by atoms with Gasteiger partial charge >= 0.3 is 5.97 Å². The molecular weight excluding hydrogens is 358 g/mol. The van der Waals surface area contributed by atoms with Crippen molar-refractivity contribution in [2.75, 3.05) is 14.2 Å². The molecule has 1 heterocycles. The van der Waals surface area contributed by atoms with E-state index in [0.717, 1.165) is 24.1 Å². The number of ether oxygens (including phenoxy) is 3. The van der Waals surface area contributed by atoms with Gasteiger partial charge < -0.3 is 14.2 Å². The van der Waals surface area contributed by atoms with Crippen LogP contribution in [0.25, 0.3) is 0 Å². The van der Waals surface area contributed by atoms with Crippen LogP contribution in [0.3, 0.4) is 0 Å². The fourth-order valence-electron chi connectivity index (χ4n) is 4.03. The lowest BCUT2D eigenvalue weighted by atomic mass is 9.71. The predicted molar refractivity (Wildman–Crippen MR) is 106 cm³/mol. The minimum Gasteiger partial charge on any atom is -0.497 e. The van der Waals surface area contributed by atoms with Crippen LogP contribution in [0.1, 0.15) is 51.5 Å². The molecule has 0 aromatic heterocycles. The molecule has 0 fully saturated rings. The number of Topliss-reactive ketones (excluding diaryl/α,β-unsaturated/α-hetero) is 1. The second kappa shape index (κ2) is 8.17. The van der Waals surface area contributed by atoms with Crippen molar-refractivity contribution in [1.29, 1.82) is 0 Å². The number of allylic oxidation sites excluding steroid dienone is 2. The standard InChI is InChI=1S/C22H27NO5/c1-12(2)28-22(25)19-13(3)23-16-7-6-8-17(24)21(16)20(19)15-10-9-14(26-4)11-18(15)27-5/h9-12,19-20H,6-8H2,1-5H3/t19?,20-/m0/s1. The highest BCUT2D eigenvalue weighted by molar-refractivity contribution is 6.09. The number of hydrogen-bond donors (Lipinski definition) is 0. The van der Waals surface area contributed by atoms with Gasteiger partial charge in [0.05, 0.1) is 20.3 Å². The van der Waals surface area contributed by atoms with Gasteiger partial charge in [-0.2, -0.15) is 0 Å². The number of benzene rings is 1. The van der Waals surface area contributed by atoms with Gasteiger partial charge in [-0.1, -0.05) is 6.07 Å². The van der Waals surface area contributed by atoms with Gasteiger partial charge in [0.2, 0.25) is 0 Å². The van der Waals surface area contributed by atoms with Crippen molar-refractivity contribution < 1.29 is 23.8 Å². The van der Waals surface area contributed by atoms with Crippen molar-refractivity contribution in [2.45, 2.75) is 52.1 Å². The Hall–Kier alpha value is -2.63. The lowest BCUT2D eigenvalue weighted by Crippen LogP contribution is -2.38. The first-order valence-electron chi connectivity index (χ1n) is 9.61. The first-order chi connectivity index (χ1) is 13.4. The molecule has 2 atom stereocenters. The van der Waals surface area contributed by atoms with E-state index in [9.17, 15) is 9.59 Å². The Bertz CT molecular complexity index is 852. The molecule has 1 aliphatic heterocycles. The number of carbonyl (C=O) groups excluding carboxylic acids is 2. The highest BCUT2D eigenvalue weighted by Gasteiger charge is 2.44. The summed E-state index contributed by atoms with van der Waals surface area (Å²) in [5.74, 6) is -0.247. The highest BCUT2D eigenvalue weighted by atomic mass is 16.5. The number of hydrogen-bond acceptors (Lipinski definition) is 6. The molecule has 0 radical (unpaired) electrons. The molecule has 0 bridgehead atoms. The van der Waals surface area contributed by atoms with Gasteiger partial charge in [0, 0.05) is 41.0 Å². The van der Waals surface area contributed by atoms with Crippen LogP contribution in [0.2, 0.25) is 0 Å². The van der Waals surface area contributed by atoms with Gasteiger partial charge in [-0.05, 0) is 39.7 Å². The monoisotopic (exact) mass is 385 g/mol. The molecule has 6 nitrogen and oxygen atoms in total. The van der Waals surface area contributed by atoms with Crippen LogP contribution in [0.15, 0.2) is 34.5 Å². The molecule has 0 amide bonds. The van der Waals surface area contributed by atoms with Crippen LogP contribution in [0, 0.1) is 5.92 Å². The fraction of sp³-hybridized carbons (Fsp3) is 0.500. The molecule has 0 spiro atoms. The van der Waals surface area contributed by atoms with E-state index < -0.39 is 11.8 Å². The number of carbonyl (C=O) groups is 2. The van der Waals surface area contributed by atoms with Crippen LogP contribution >= 0.6 is 0 Å². The van der Waals surface area contributed by atoms with Crippen molar-refractivity contribution >= 4 is 17.5 Å². The summed E-state index contributed by atoms with van der Waals surface area (Å²) in [7, 11) is 3.15. The molecule has 28 heavy (non-hydrogen) atoms. The second-order valence-corrected chi connectivity index (χ2v) is 7.44. The summed E-state index contributed by atoms with van der Waals surface area (Å²) in [6.07, 6.45) is 1.73. The summed E-state index contributed by atoms with van der Waals surface area (Å²) in [6, 6.07) is 5.45. The SMILES string of the molecule is COc1ccc([C@@H]2C3=C(CCCC3=O)N=C(C)C2C(=O)OC(C)C)c(OC)c1. The molecule has 3 rings (SSSR count). The summed E-state index contributed by atoms with van der Waals surface area (Å²) in [5, 5.41) is 0. The third-order valence-electron chi connectivity index (χ3n) is 5.22. The number of esters is 1. The van der Waals surface area contributed by atoms with Gasteiger partial charge in [-0.3, -0.25) is 14.6 Å². The van der Waals surface area contributed by atoms with E-state index >= 15 is 0 Å². The van der Waals surface area contributed by atoms with Gasteiger partial charge in [0.1, 0.15) is 17.4 Å². The summed E-state index contributed by atoms with van der Waals surface area (Å²) in [5.41, 5.74) is 2.84. The van der Waals surface area contributed by atoms with Crippen LogP contribution in [-0.4, -0.2) is 37.8 Å². The molecule has 6 heteroatoms. The van der Waals surface area contributed by atoms with Crippen LogP contribution in [0.5, 0.6) is 11.5 Å². The van der Waals surface area contributed by atoms with Gasteiger partial charge in [-0.15, -0.1) is 0 Å². The smallest absolute Gasteiger partial charge is 0.315 e. The fourth-order valence-corrected chi connectivity index (χ4v) is 4.03. The minimum atomic E-state index is -0.662. The number of nitrogens with zero attached hydrogens (tertiary/aromatic N) is 1. The zero-order chi connectivity index (χ0) is 20.4. The molecule has 0 saturated carbocycles. The van der Waals surface area contributed by atoms with Gasteiger partial charge in [0.15, 0.2) is 5.78 Å². The van der Waals surface area contributed by atoms with E-state index in [-0.39, 0.29) is 17.9 Å². The van der Waals surface area contributed by atoms with E-state index in [4.69, 9.17) is 14.2 Å². The van der Waals surface area contributed by atoms with Gasteiger partial charge in [0.25, 0.3) is 0 Å². The number of ketones is 1. The Balaban J connectivity index is 2.19. The number of aliphatic imine (C=N–C) groups is 1. The Labute approximate surface area is 165 Å². The van der Waals surface area contributed by atoms with Crippen molar-refractivity contribution in [3.05, 3.63) is 35.0 Å². The molecule has 2 aliphatic rings. The van der Waals surface area contributed by atoms with Crippen LogP contribution in [-0.2, 0) is 14.3 Å². The van der Waals surface area contributed by atoms with E-state index in [1.54, 1.807) is 20.3 Å². The molecule has 0 N–H and O–H groups in total. The number of rotatable bonds is 5. The summed E-state index contributed by atoms with van der Waals surface area (Å²) < 4.78 is 16.4. The summed E-state index contributed by atoms with van der Waals surface area (Å²) in [6.45, 7) is 5.46. The van der Waals surface area contributed by atoms with Crippen LogP contribution < -0.4 is 9.47 Å². The van der Waals surface area contributed by atoms with Crippen molar-refractivity contribution in [1.82, 2.24) is 0 Å². The third-order valence-corrected chi connectivity index (χ3v) is 5.22. The third kappa shape index (κ3) is 3.68. The Morgan fingerprint density at radius 2 is 1.93 bits per heavy atom. The predicted octanol–water partition coefficient (Wildman–Crippen LogP) is 3.84. The molecule has 1 aliphatic carbocycles. The topological polar surface area (TPSA) is 74.2 Å². The Kier molecular flexibility index (Phi) is 5.87. The van der Waals surface area contributed by atoms with Crippen molar-refractivity contribution in [3.8, 4) is 11.5 Å². The average Bonchev–Trinajstić information content (AvgIpc) is 2.65. The zero-order valence-electron chi connectivity index (χ0n) is 17.1. The lowest BCUT2D eigenvalue weighted by Gasteiger charge is -2.35. The summed E-state index contributed by atoms with van der Waals surface area (Å²) >= 11 is 0. The second-order valence-electron chi connectivity index (χ2n) is 7.44. The normalized spacial score (nSPS) is 21.9. The largest absolute Gasteiger partial charge is 0.497 e. The maximum Gasteiger partial charge on any atom is 0.315 e. The molecule has 1 unspecified atom stereocenters. The summed E-state index contributed by atoms with van der Waals surface area (Å²) in [4.78, 5) is 30.5. The number of methoxy groups -OCH3 is 2. The van der Waals surface area contributed by atoms with Crippen molar-refractivity contribution in [2.24, 2.45) is 10.9 Å². The molecular formula is C22H27NO5. The first-order valence-corrected chi connectivity index (χ1v) is 9.61. The van der Waals surface area contributed by atoms with E-state index in [1.165, 1.54) is 0 Å². The quantitative estimate of drug-likeness (QED) is 0.720. The maximum absolute atomic E-state index is 13.0. The molecule has 0 saturated heterocycles.